The van der Waals surface area contributed by atoms with Gasteiger partial charge in [0, 0.05) is 17.0 Å². The molecule has 0 aliphatic rings. The van der Waals surface area contributed by atoms with Crippen LogP contribution < -0.4 is 16.2 Å². The maximum atomic E-state index is 12.2. The van der Waals surface area contributed by atoms with E-state index < -0.39 is 18.4 Å². The van der Waals surface area contributed by atoms with Crippen molar-refractivity contribution in [1.29, 1.82) is 5.26 Å². The van der Waals surface area contributed by atoms with Gasteiger partial charge in [-0.05, 0) is 17.7 Å². The molecule has 32 heavy (non-hydrogen) atoms. The first-order valence-corrected chi connectivity index (χ1v) is 10.6. The van der Waals surface area contributed by atoms with Gasteiger partial charge in [0.05, 0.1) is 29.6 Å². The zero-order chi connectivity index (χ0) is 23.1. The van der Waals surface area contributed by atoms with E-state index in [-0.39, 0.29) is 18.2 Å². The van der Waals surface area contributed by atoms with E-state index in [2.05, 4.69) is 21.7 Å². The van der Waals surface area contributed by atoms with E-state index in [4.69, 9.17) is 5.11 Å². The Morgan fingerprint density at radius 1 is 1.12 bits per heavy atom. The summed E-state index contributed by atoms with van der Waals surface area (Å²) in [5, 5.41) is 24.9. The molecule has 9 nitrogen and oxygen atoms in total. The molecule has 0 unspecified atom stereocenters. The number of hydrogen-bond acceptors (Lipinski definition) is 6. The van der Waals surface area contributed by atoms with Gasteiger partial charge in [-0.15, -0.1) is 0 Å². The molecule has 3 rings (SSSR count). The minimum Gasteiger partial charge on any atom is -0.480 e. The fourth-order valence-electron chi connectivity index (χ4n) is 3.07. The molecular formula is C21H19BN5O4S. The minimum atomic E-state index is -1.16. The molecule has 3 aromatic rings. The van der Waals surface area contributed by atoms with Crippen molar-refractivity contribution >= 4 is 53.2 Å². The van der Waals surface area contributed by atoms with Gasteiger partial charge in [-0.2, -0.15) is 5.26 Å². The maximum absolute atomic E-state index is 12.2. The van der Waals surface area contributed by atoms with Crippen molar-refractivity contribution in [3.05, 3.63) is 48.2 Å². The third-order valence-corrected chi connectivity index (χ3v) is 5.48. The Bertz CT molecular complexity index is 1220. The summed E-state index contributed by atoms with van der Waals surface area (Å²) in [5.74, 6) is -2.12. The lowest BCUT2D eigenvalue weighted by Gasteiger charge is -2.14. The number of benzene rings is 2. The van der Waals surface area contributed by atoms with E-state index in [0.29, 0.717) is 10.7 Å². The summed E-state index contributed by atoms with van der Waals surface area (Å²) < 4.78 is 1.92. The maximum Gasteiger partial charge on any atom is 0.322 e. The number of aromatic nitrogens is 2. The summed E-state index contributed by atoms with van der Waals surface area (Å²) in [6.45, 7) is 1.07. The van der Waals surface area contributed by atoms with Gasteiger partial charge in [-0.1, -0.05) is 42.9 Å². The lowest BCUT2D eigenvalue weighted by Crippen LogP contribution is -2.39. The molecule has 0 spiro atoms. The van der Waals surface area contributed by atoms with E-state index in [1.54, 1.807) is 12.3 Å². The normalized spacial score (nSPS) is 10.4. The molecule has 0 aliphatic heterocycles. The summed E-state index contributed by atoms with van der Waals surface area (Å²) in [7, 11) is 1.90. The molecule has 0 saturated heterocycles. The quantitative estimate of drug-likeness (QED) is 0.324. The monoisotopic (exact) mass is 448 g/mol. The number of aliphatic carboxylic acids is 1. The molecule has 11 heteroatoms. The zero-order valence-electron chi connectivity index (χ0n) is 17.2. The smallest absolute Gasteiger partial charge is 0.322 e. The number of hydrogen-bond donors (Lipinski definition) is 3. The molecule has 0 fully saturated rings. The lowest BCUT2D eigenvalue weighted by molar-refractivity contribution is -0.137. The Balaban J connectivity index is 1.78. The van der Waals surface area contributed by atoms with Crippen LogP contribution in [-0.2, 0) is 14.4 Å². The van der Waals surface area contributed by atoms with E-state index in [9.17, 15) is 19.6 Å². The first kappa shape index (κ1) is 22.9. The van der Waals surface area contributed by atoms with Crippen LogP contribution in [0.4, 0.5) is 0 Å². The highest BCUT2D eigenvalue weighted by Crippen LogP contribution is 2.28. The molecule has 0 saturated carbocycles. The lowest BCUT2D eigenvalue weighted by atomic mass is 9.78. The van der Waals surface area contributed by atoms with Gasteiger partial charge in [0.1, 0.15) is 6.54 Å². The number of nitriles is 1. The van der Waals surface area contributed by atoms with Gasteiger partial charge < -0.3 is 20.3 Å². The van der Waals surface area contributed by atoms with Crippen LogP contribution in [0.3, 0.4) is 0 Å². The average molecular weight is 448 g/mol. The van der Waals surface area contributed by atoms with E-state index >= 15 is 0 Å². The third kappa shape index (κ3) is 5.28. The van der Waals surface area contributed by atoms with Crippen molar-refractivity contribution in [2.45, 2.75) is 12.0 Å². The van der Waals surface area contributed by atoms with Crippen molar-refractivity contribution in [3.8, 4) is 11.8 Å². The number of fused-ring (bicyclic) bond motifs is 1. The Morgan fingerprint density at radius 3 is 2.53 bits per heavy atom. The Kier molecular flexibility index (Phi) is 7.52. The second-order valence-corrected chi connectivity index (χ2v) is 7.56. The van der Waals surface area contributed by atoms with Gasteiger partial charge in [0.25, 0.3) is 0 Å². The molecule has 3 N–H and O–H groups in total. The largest absolute Gasteiger partial charge is 0.480 e. The van der Waals surface area contributed by atoms with Crippen molar-refractivity contribution in [3.63, 3.8) is 0 Å². The Hall–Kier alpha value is -3.78. The number of nitrogens with zero attached hydrogens (tertiary/aromatic N) is 3. The first-order valence-electron chi connectivity index (χ1n) is 9.62. The minimum absolute atomic E-state index is 0.0145. The number of rotatable bonds is 9. The highest BCUT2D eigenvalue weighted by Gasteiger charge is 2.16. The SMILES string of the molecule is C[B]c1cnc(SCC(=O)NCC(=O)NCC(=O)O)n1-c1ccc(C#N)c2ccccc12. The number of carbonyl (C=O) groups is 3. The summed E-state index contributed by atoms with van der Waals surface area (Å²) in [6.07, 6.45) is 1.70. The molecular weight excluding hydrogens is 429 g/mol. The van der Waals surface area contributed by atoms with Gasteiger partial charge in [-0.3, -0.25) is 14.4 Å². The topological polar surface area (TPSA) is 137 Å². The molecule has 1 radical (unpaired) electrons. The summed E-state index contributed by atoms with van der Waals surface area (Å²) in [4.78, 5) is 38.6. The number of imidazole rings is 1. The summed E-state index contributed by atoms with van der Waals surface area (Å²) >= 11 is 1.20. The standard InChI is InChI=1S/C21H19BN5O4S/c1-22-17-9-26-21(32-12-19(29)24-10-18(28)25-11-20(30)31)27(17)16-7-6-13(8-23)14-4-2-3-5-15(14)16/h2-7,9H,10-12H2,1H3,(H,24,29)(H,25,28)(H,30,31). The molecule has 2 aromatic carbocycles. The van der Waals surface area contributed by atoms with Crippen LogP contribution >= 0.6 is 11.8 Å². The zero-order valence-corrected chi connectivity index (χ0v) is 18.0. The fraction of sp³-hybridized carbons (Fsp3) is 0.190. The Morgan fingerprint density at radius 2 is 1.84 bits per heavy atom. The van der Waals surface area contributed by atoms with E-state index in [1.165, 1.54) is 11.8 Å². The number of carboxylic acid groups (broad SMARTS) is 1. The van der Waals surface area contributed by atoms with Crippen molar-refractivity contribution < 1.29 is 19.5 Å². The molecule has 1 heterocycles. The van der Waals surface area contributed by atoms with Crippen LogP contribution in [0, 0.1) is 11.3 Å². The van der Waals surface area contributed by atoms with Gasteiger partial charge in [0.15, 0.2) is 12.4 Å². The highest BCUT2D eigenvalue weighted by atomic mass is 32.2. The highest BCUT2D eigenvalue weighted by molar-refractivity contribution is 7.99. The average Bonchev–Trinajstić information content (AvgIpc) is 3.21. The first-order chi connectivity index (χ1) is 15.4. The van der Waals surface area contributed by atoms with Crippen molar-refractivity contribution in [2.75, 3.05) is 18.8 Å². The molecule has 0 aliphatic carbocycles. The van der Waals surface area contributed by atoms with Crippen molar-refractivity contribution in [2.24, 2.45) is 0 Å². The van der Waals surface area contributed by atoms with E-state index in [1.807, 2.05) is 49.0 Å². The molecule has 0 atom stereocenters. The Labute approximate surface area is 189 Å². The summed E-state index contributed by atoms with van der Waals surface area (Å²) in [6, 6.07) is 13.4. The van der Waals surface area contributed by atoms with Crippen LogP contribution in [0.5, 0.6) is 0 Å². The van der Waals surface area contributed by atoms with Crippen molar-refractivity contribution in [1.82, 2.24) is 20.2 Å². The van der Waals surface area contributed by atoms with Gasteiger partial charge >= 0.3 is 5.97 Å². The van der Waals surface area contributed by atoms with Crippen LogP contribution in [0.15, 0.2) is 47.8 Å². The van der Waals surface area contributed by atoms with E-state index in [0.717, 1.165) is 22.1 Å². The number of thioether (sulfide) groups is 1. The fourth-order valence-corrected chi connectivity index (χ4v) is 3.89. The van der Waals surface area contributed by atoms with Crippen LogP contribution in [0.25, 0.3) is 16.5 Å². The molecule has 1 aromatic heterocycles. The molecule has 0 bridgehead atoms. The van der Waals surface area contributed by atoms with Gasteiger partial charge in [-0.25, -0.2) is 4.98 Å². The molecule has 2 amide bonds. The second-order valence-electron chi connectivity index (χ2n) is 6.62. The van der Waals surface area contributed by atoms with Crippen LogP contribution in [-0.4, -0.2) is 58.6 Å². The number of amides is 2. The second kappa shape index (κ2) is 10.5. The van der Waals surface area contributed by atoms with Crippen LogP contribution in [0.1, 0.15) is 5.56 Å². The number of nitrogens with one attached hydrogen (secondary N) is 2. The number of carbonyl (C=O) groups excluding carboxylic acids is 2. The van der Waals surface area contributed by atoms with Crippen LogP contribution in [0.2, 0.25) is 6.82 Å². The third-order valence-electron chi connectivity index (χ3n) is 4.53. The summed E-state index contributed by atoms with van der Waals surface area (Å²) in [5.41, 5.74) is 2.23. The molecule has 161 valence electrons. The van der Waals surface area contributed by atoms with Gasteiger partial charge in [0.2, 0.25) is 11.8 Å². The predicted molar refractivity (Wildman–Crippen MR) is 121 cm³/mol. The predicted octanol–water partition coefficient (Wildman–Crippen LogP) is 0.684. The number of carboxylic acids is 1.